The first kappa shape index (κ1) is 27.8. The van der Waals surface area contributed by atoms with Crippen LogP contribution in [0.2, 0.25) is 0 Å². The summed E-state index contributed by atoms with van der Waals surface area (Å²) >= 11 is 0. The summed E-state index contributed by atoms with van der Waals surface area (Å²) in [7, 11) is 3.37. The highest BCUT2D eigenvalue weighted by Crippen LogP contribution is 2.28. The van der Waals surface area contributed by atoms with Crippen LogP contribution in [-0.4, -0.2) is 97.9 Å². The topological polar surface area (TPSA) is 127 Å². The molecule has 1 fully saturated rings. The van der Waals surface area contributed by atoms with E-state index >= 15 is 0 Å². The minimum absolute atomic E-state index is 0.0616. The van der Waals surface area contributed by atoms with Crippen LogP contribution in [0.25, 0.3) is 0 Å². The summed E-state index contributed by atoms with van der Waals surface area (Å²) in [5.74, 6) is -0.685. The van der Waals surface area contributed by atoms with E-state index in [-0.39, 0.29) is 36.5 Å². The number of nitrogens with one attached hydrogen (secondary N) is 1. The zero-order valence-electron chi connectivity index (χ0n) is 20.7. The zero-order chi connectivity index (χ0) is 25.3. The lowest BCUT2D eigenvalue weighted by Gasteiger charge is -2.32. The largest absolute Gasteiger partial charge is 0.507 e. The molecule has 1 saturated heterocycles. The van der Waals surface area contributed by atoms with E-state index < -0.39 is 23.6 Å². The van der Waals surface area contributed by atoms with Gasteiger partial charge in [0.15, 0.2) is 0 Å². The van der Waals surface area contributed by atoms with Crippen LogP contribution >= 0.6 is 0 Å². The highest BCUT2D eigenvalue weighted by atomic mass is 16.6. The Morgan fingerprint density at radius 1 is 1.18 bits per heavy atom. The van der Waals surface area contributed by atoms with Crippen LogP contribution in [0.15, 0.2) is 18.2 Å². The van der Waals surface area contributed by atoms with Gasteiger partial charge in [0.05, 0.1) is 38.0 Å². The summed E-state index contributed by atoms with van der Waals surface area (Å²) in [6.45, 7) is 6.74. The van der Waals surface area contributed by atoms with Crippen LogP contribution in [0, 0.1) is 0 Å². The molecule has 34 heavy (non-hydrogen) atoms. The predicted octanol–water partition coefficient (Wildman–Crippen LogP) is 1.33. The van der Waals surface area contributed by atoms with Crippen molar-refractivity contribution in [2.75, 3.05) is 47.2 Å². The molecule has 2 rings (SSSR count). The Labute approximate surface area is 201 Å². The van der Waals surface area contributed by atoms with E-state index in [0.29, 0.717) is 38.4 Å². The first-order chi connectivity index (χ1) is 16.1. The van der Waals surface area contributed by atoms with Crippen LogP contribution in [0.1, 0.15) is 44.0 Å². The van der Waals surface area contributed by atoms with Gasteiger partial charge < -0.3 is 34.5 Å². The van der Waals surface area contributed by atoms with Crippen molar-refractivity contribution >= 4 is 11.9 Å². The van der Waals surface area contributed by atoms with E-state index in [4.69, 9.17) is 18.9 Å². The lowest BCUT2D eigenvalue weighted by atomic mass is 10.1. The highest BCUT2D eigenvalue weighted by Gasteiger charge is 2.41. The maximum Gasteiger partial charge on any atom is 0.323 e. The molecule has 0 unspecified atom stereocenters. The van der Waals surface area contributed by atoms with E-state index in [0.717, 1.165) is 0 Å². The molecule has 0 radical (unpaired) electrons. The third kappa shape index (κ3) is 8.12. The summed E-state index contributed by atoms with van der Waals surface area (Å²) < 4.78 is 21.2. The second-order valence-corrected chi connectivity index (χ2v) is 9.25. The number of likely N-dealkylation sites (N-methyl/N-ethyl adjacent to an activating group) is 1. The molecule has 0 spiro atoms. The zero-order valence-corrected chi connectivity index (χ0v) is 20.7. The number of phenolic OH excluding ortho intramolecular Hbond substituents is 1. The molecule has 1 aromatic carbocycles. The molecule has 3 N–H and O–H groups in total. The summed E-state index contributed by atoms with van der Waals surface area (Å²) in [4.78, 5) is 27.2. The van der Waals surface area contributed by atoms with Gasteiger partial charge in [-0.2, -0.15) is 0 Å². The molecule has 0 saturated carbocycles. The average molecular weight is 483 g/mol. The van der Waals surface area contributed by atoms with Crippen molar-refractivity contribution in [2.45, 2.75) is 57.3 Å². The van der Waals surface area contributed by atoms with Crippen molar-refractivity contribution < 1.29 is 38.7 Å². The lowest BCUT2D eigenvalue weighted by Crippen LogP contribution is -2.52. The van der Waals surface area contributed by atoms with Crippen LogP contribution in [-0.2, 0) is 19.0 Å². The summed E-state index contributed by atoms with van der Waals surface area (Å²) in [6.07, 6.45) is 1.17. The van der Waals surface area contributed by atoms with E-state index in [1.807, 2.05) is 25.7 Å². The average Bonchev–Trinajstić information content (AvgIpc) is 3.14. The van der Waals surface area contributed by atoms with Crippen molar-refractivity contribution in [1.82, 2.24) is 10.2 Å². The summed E-state index contributed by atoms with van der Waals surface area (Å²) in [5.41, 5.74) is -0.531. The van der Waals surface area contributed by atoms with E-state index in [2.05, 4.69) is 5.32 Å². The second-order valence-electron chi connectivity index (χ2n) is 9.25. The van der Waals surface area contributed by atoms with Gasteiger partial charge in [0.1, 0.15) is 29.7 Å². The highest BCUT2D eigenvalue weighted by molar-refractivity contribution is 5.97. The van der Waals surface area contributed by atoms with Crippen molar-refractivity contribution in [3.05, 3.63) is 23.8 Å². The fraction of sp³-hybridized carbons (Fsp3) is 0.667. The number of ether oxygens (including phenoxy) is 4. The second kappa shape index (κ2) is 12.9. The Morgan fingerprint density at radius 2 is 1.88 bits per heavy atom. The number of benzene rings is 1. The van der Waals surface area contributed by atoms with Gasteiger partial charge in [0.25, 0.3) is 5.91 Å². The number of methoxy groups -OCH3 is 1. The SMILES string of the molecule is COCCOCCOc1ccc(C(=O)N[C@@H](CO)[C@@H]2CC[C@H](C(=O)OC(C)(C)C)N2C)c(O)c1. The van der Waals surface area contributed by atoms with Gasteiger partial charge in [-0.05, 0) is 52.8 Å². The van der Waals surface area contributed by atoms with Crippen LogP contribution < -0.4 is 10.1 Å². The van der Waals surface area contributed by atoms with E-state index in [9.17, 15) is 19.8 Å². The molecule has 10 heteroatoms. The Kier molecular flexibility index (Phi) is 10.6. The quantitative estimate of drug-likeness (QED) is 0.299. The smallest absolute Gasteiger partial charge is 0.323 e. The fourth-order valence-electron chi connectivity index (χ4n) is 3.87. The lowest BCUT2D eigenvalue weighted by molar-refractivity contribution is -0.160. The molecule has 3 atom stereocenters. The normalized spacial score (nSPS) is 19.6. The van der Waals surface area contributed by atoms with Gasteiger partial charge in [-0.1, -0.05) is 0 Å². The molecule has 192 valence electrons. The number of amides is 1. The first-order valence-electron chi connectivity index (χ1n) is 11.5. The number of carbonyl (C=O) groups excluding carboxylic acids is 2. The van der Waals surface area contributed by atoms with Crippen LogP contribution in [0.5, 0.6) is 11.5 Å². The Balaban J connectivity index is 1.94. The van der Waals surface area contributed by atoms with Crippen molar-refractivity contribution in [3.63, 3.8) is 0 Å². The van der Waals surface area contributed by atoms with E-state index in [1.54, 1.807) is 20.2 Å². The van der Waals surface area contributed by atoms with Crippen LogP contribution in [0.3, 0.4) is 0 Å². The molecular formula is C24H38N2O8. The first-order valence-corrected chi connectivity index (χ1v) is 11.5. The minimum Gasteiger partial charge on any atom is -0.507 e. The Hall–Kier alpha value is -2.40. The molecule has 10 nitrogen and oxygen atoms in total. The van der Waals surface area contributed by atoms with Crippen molar-refractivity contribution in [1.29, 1.82) is 0 Å². The maximum absolute atomic E-state index is 12.8. The van der Waals surface area contributed by atoms with Gasteiger partial charge in [-0.15, -0.1) is 0 Å². The molecular weight excluding hydrogens is 444 g/mol. The number of aliphatic hydroxyl groups is 1. The fourth-order valence-corrected chi connectivity index (χ4v) is 3.87. The van der Waals surface area contributed by atoms with Gasteiger partial charge in [-0.3, -0.25) is 14.5 Å². The number of rotatable bonds is 12. The molecule has 1 aliphatic rings. The molecule has 1 heterocycles. The van der Waals surface area contributed by atoms with Gasteiger partial charge >= 0.3 is 5.97 Å². The standard InChI is InChI=1S/C24H38N2O8/c1-24(2,3)34-23(30)20-9-8-19(26(20)4)18(15-27)25-22(29)17-7-6-16(14-21(17)28)33-13-12-32-11-10-31-5/h6-7,14,18-20,27-28H,8-13,15H2,1-5H3,(H,25,29)/t18-,19-,20+/m0/s1. The van der Waals surface area contributed by atoms with Gasteiger partial charge in [0, 0.05) is 19.2 Å². The molecule has 1 aliphatic heterocycles. The molecule has 0 aliphatic carbocycles. The molecule has 1 aromatic rings. The molecule has 0 aromatic heterocycles. The maximum atomic E-state index is 12.8. The van der Waals surface area contributed by atoms with E-state index in [1.165, 1.54) is 12.1 Å². The summed E-state index contributed by atoms with van der Waals surface area (Å²) in [5, 5.41) is 23.1. The summed E-state index contributed by atoms with van der Waals surface area (Å²) in [6, 6.07) is 3.08. The van der Waals surface area contributed by atoms with Crippen molar-refractivity contribution in [2.24, 2.45) is 0 Å². The van der Waals surface area contributed by atoms with Crippen LogP contribution in [0.4, 0.5) is 0 Å². The van der Waals surface area contributed by atoms with Crippen molar-refractivity contribution in [3.8, 4) is 11.5 Å². The number of nitrogens with zero attached hydrogens (tertiary/aromatic N) is 1. The number of aromatic hydroxyl groups is 1. The number of esters is 1. The number of hydrogen-bond donors (Lipinski definition) is 3. The number of phenols is 1. The number of hydrogen-bond acceptors (Lipinski definition) is 9. The Morgan fingerprint density at radius 3 is 2.50 bits per heavy atom. The third-order valence-corrected chi connectivity index (χ3v) is 5.55. The molecule has 0 bridgehead atoms. The number of carbonyl (C=O) groups is 2. The number of aliphatic hydroxyl groups excluding tert-OH is 1. The molecule has 1 amide bonds. The monoisotopic (exact) mass is 482 g/mol. The number of likely N-dealkylation sites (tertiary alicyclic amines) is 1. The minimum atomic E-state index is -0.621. The predicted molar refractivity (Wildman–Crippen MR) is 125 cm³/mol. The van der Waals surface area contributed by atoms with Gasteiger partial charge in [-0.25, -0.2) is 0 Å². The third-order valence-electron chi connectivity index (χ3n) is 5.55. The Bertz CT molecular complexity index is 811. The van der Waals surface area contributed by atoms with Gasteiger partial charge in [0.2, 0.25) is 0 Å².